The zero-order valence-electron chi connectivity index (χ0n) is 10.6. The summed E-state index contributed by atoms with van der Waals surface area (Å²) in [7, 11) is 0. The van der Waals surface area contributed by atoms with Crippen molar-refractivity contribution >= 4 is 27.3 Å². The Balaban J connectivity index is 1.56. The maximum Gasteiger partial charge on any atom is 0.0701 e. The van der Waals surface area contributed by atoms with Gasteiger partial charge in [-0.1, -0.05) is 6.42 Å². The van der Waals surface area contributed by atoms with Crippen molar-refractivity contribution in [2.24, 2.45) is 23.6 Å². The van der Waals surface area contributed by atoms with Gasteiger partial charge in [-0.25, -0.2) is 0 Å². The first kappa shape index (κ1) is 13.1. The second-order valence-electron chi connectivity index (χ2n) is 5.94. The van der Waals surface area contributed by atoms with E-state index in [1.165, 1.54) is 40.8 Å². The molecule has 1 aromatic rings. The van der Waals surface area contributed by atoms with Gasteiger partial charge in [0.1, 0.15) is 0 Å². The lowest BCUT2D eigenvalue weighted by Gasteiger charge is -2.26. The first-order valence-corrected chi connectivity index (χ1v) is 8.56. The Morgan fingerprint density at radius 3 is 2.83 bits per heavy atom. The van der Waals surface area contributed by atoms with Gasteiger partial charge >= 0.3 is 0 Å². The molecule has 4 atom stereocenters. The van der Waals surface area contributed by atoms with Crippen LogP contribution in [-0.2, 0) is 6.42 Å². The summed E-state index contributed by atoms with van der Waals surface area (Å²) in [6.45, 7) is 0. The summed E-state index contributed by atoms with van der Waals surface area (Å²) in [5.74, 6) is 8.71. The molecule has 4 heteroatoms. The number of fused-ring (bicyclic) bond motifs is 2. The molecule has 0 saturated heterocycles. The van der Waals surface area contributed by atoms with Crippen molar-refractivity contribution in [3.63, 3.8) is 0 Å². The van der Waals surface area contributed by atoms with Crippen LogP contribution in [0.3, 0.4) is 0 Å². The quantitative estimate of drug-likeness (QED) is 0.638. The summed E-state index contributed by atoms with van der Waals surface area (Å²) in [6, 6.07) is 4.78. The van der Waals surface area contributed by atoms with E-state index in [0.29, 0.717) is 6.04 Å². The van der Waals surface area contributed by atoms with Gasteiger partial charge in [0, 0.05) is 10.9 Å². The van der Waals surface area contributed by atoms with Crippen molar-refractivity contribution in [1.82, 2.24) is 5.43 Å². The molecule has 4 unspecified atom stereocenters. The van der Waals surface area contributed by atoms with Crippen LogP contribution >= 0.6 is 27.3 Å². The van der Waals surface area contributed by atoms with Gasteiger partial charge in [-0.3, -0.25) is 11.3 Å². The first-order chi connectivity index (χ1) is 8.74. The van der Waals surface area contributed by atoms with Gasteiger partial charge in [0.2, 0.25) is 0 Å². The van der Waals surface area contributed by atoms with Crippen LogP contribution in [-0.4, -0.2) is 6.04 Å². The lowest BCUT2D eigenvalue weighted by molar-refractivity contribution is 0.278. The Labute approximate surface area is 121 Å². The summed E-state index contributed by atoms with van der Waals surface area (Å²) in [5, 5.41) is 0. The van der Waals surface area contributed by atoms with E-state index >= 15 is 0 Å². The highest BCUT2D eigenvalue weighted by molar-refractivity contribution is 9.11. The first-order valence-electron chi connectivity index (χ1n) is 6.95. The van der Waals surface area contributed by atoms with Crippen molar-refractivity contribution in [1.29, 1.82) is 0 Å². The molecule has 2 nitrogen and oxygen atoms in total. The molecular weight excluding hydrogens is 308 g/mol. The van der Waals surface area contributed by atoms with E-state index in [1.54, 1.807) is 0 Å². The molecule has 0 aromatic carbocycles. The monoisotopic (exact) mass is 328 g/mol. The molecule has 0 amide bonds. The van der Waals surface area contributed by atoms with Crippen molar-refractivity contribution in [2.75, 3.05) is 0 Å². The second kappa shape index (κ2) is 5.61. The molecule has 3 rings (SSSR count). The van der Waals surface area contributed by atoms with E-state index in [2.05, 4.69) is 33.5 Å². The Bertz CT molecular complexity index is 406. The molecular formula is C14H21BrN2S. The Morgan fingerprint density at radius 2 is 2.28 bits per heavy atom. The van der Waals surface area contributed by atoms with Crippen molar-refractivity contribution in [3.05, 3.63) is 20.8 Å². The number of nitrogens with one attached hydrogen (secondary N) is 1. The van der Waals surface area contributed by atoms with Crippen molar-refractivity contribution in [3.8, 4) is 0 Å². The van der Waals surface area contributed by atoms with Crippen LogP contribution in [0.2, 0.25) is 0 Å². The molecule has 18 heavy (non-hydrogen) atoms. The zero-order chi connectivity index (χ0) is 12.5. The average molecular weight is 329 g/mol. The highest BCUT2D eigenvalue weighted by Gasteiger charge is 2.39. The van der Waals surface area contributed by atoms with Crippen molar-refractivity contribution in [2.45, 2.75) is 44.6 Å². The smallest absolute Gasteiger partial charge is 0.0701 e. The molecule has 0 aliphatic heterocycles. The largest absolute Gasteiger partial charge is 0.271 e. The van der Waals surface area contributed by atoms with Gasteiger partial charge in [-0.2, -0.15) is 0 Å². The fourth-order valence-corrected chi connectivity index (χ4v) is 5.51. The van der Waals surface area contributed by atoms with E-state index in [9.17, 15) is 0 Å². The summed E-state index contributed by atoms with van der Waals surface area (Å²) >= 11 is 5.35. The molecule has 2 saturated carbocycles. The topological polar surface area (TPSA) is 38.0 Å². The highest BCUT2D eigenvalue weighted by atomic mass is 79.9. The maximum atomic E-state index is 5.75. The van der Waals surface area contributed by atoms with E-state index < -0.39 is 0 Å². The Hall–Kier alpha value is 0.1000. The lowest BCUT2D eigenvalue weighted by Crippen LogP contribution is -2.38. The highest BCUT2D eigenvalue weighted by Crippen LogP contribution is 2.50. The van der Waals surface area contributed by atoms with Gasteiger partial charge in [0.25, 0.3) is 0 Å². The molecule has 2 bridgehead atoms. The van der Waals surface area contributed by atoms with Crippen LogP contribution in [0.1, 0.15) is 37.0 Å². The van der Waals surface area contributed by atoms with Crippen molar-refractivity contribution < 1.29 is 0 Å². The average Bonchev–Trinajstić information content (AvgIpc) is 3.05. The normalized spacial score (nSPS) is 32.0. The molecule has 2 aliphatic rings. The second-order valence-corrected chi connectivity index (χ2v) is 8.49. The van der Waals surface area contributed by atoms with Crippen LogP contribution in [0, 0.1) is 17.8 Å². The van der Waals surface area contributed by atoms with Crippen LogP contribution in [0.5, 0.6) is 0 Å². The number of rotatable bonds is 5. The fraction of sp³-hybridized carbons (Fsp3) is 0.714. The molecule has 1 aromatic heterocycles. The standard InChI is InChI=1S/C14H21BrN2S/c15-14-4-3-13(18-14)8-12(17-16)7-11-6-9-1-2-10(11)5-9/h3-4,9-12,17H,1-2,5-8,16H2. The summed E-state index contributed by atoms with van der Waals surface area (Å²) in [6.07, 6.45) is 8.23. The molecule has 1 heterocycles. The molecule has 3 N–H and O–H groups in total. The maximum absolute atomic E-state index is 5.75. The summed E-state index contributed by atoms with van der Waals surface area (Å²) in [4.78, 5) is 1.42. The third-order valence-electron chi connectivity index (χ3n) is 4.78. The van der Waals surface area contributed by atoms with Crippen LogP contribution in [0.15, 0.2) is 15.9 Å². The predicted octanol–water partition coefficient (Wildman–Crippen LogP) is 3.71. The third-order valence-corrected chi connectivity index (χ3v) is 6.43. The number of thiophene rings is 1. The minimum Gasteiger partial charge on any atom is -0.271 e. The number of hydrogen-bond acceptors (Lipinski definition) is 3. The molecule has 0 spiro atoms. The van der Waals surface area contributed by atoms with Crippen LogP contribution in [0.25, 0.3) is 0 Å². The van der Waals surface area contributed by atoms with Gasteiger partial charge in [0.05, 0.1) is 3.79 Å². The summed E-state index contributed by atoms with van der Waals surface area (Å²) in [5.41, 5.74) is 3.04. The Kier molecular flexibility index (Phi) is 4.09. The number of halogens is 1. The van der Waals surface area contributed by atoms with Crippen LogP contribution < -0.4 is 11.3 Å². The fourth-order valence-electron chi connectivity index (χ4n) is 3.95. The van der Waals surface area contributed by atoms with E-state index in [1.807, 2.05) is 11.3 Å². The van der Waals surface area contributed by atoms with E-state index in [-0.39, 0.29) is 0 Å². The van der Waals surface area contributed by atoms with E-state index in [4.69, 9.17) is 5.84 Å². The van der Waals surface area contributed by atoms with Crippen LogP contribution in [0.4, 0.5) is 0 Å². The Morgan fingerprint density at radius 1 is 1.39 bits per heavy atom. The minimum atomic E-state index is 0.444. The van der Waals surface area contributed by atoms with Gasteiger partial charge < -0.3 is 0 Å². The number of hydrogen-bond donors (Lipinski definition) is 2. The third kappa shape index (κ3) is 2.82. The van der Waals surface area contributed by atoms with Gasteiger partial charge in [-0.05, 0) is 77.9 Å². The van der Waals surface area contributed by atoms with Gasteiger partial charge in [-0.15, -0.1) is 11.3 Å². The molecule has 100 valence electrons. The molecule has 2 aliphatic carbocycles. The molecule has 0 radical (unpaired) electrons. The number of hydrazine groups is 1. The minimum absolute atomic E-state index is 0.444. The number of nitrogens with two attached hydrogens (primary N) is 1. The van der Waals surface area contributed by atoms with E-state index in [0.717, 1.165) is 24.2 Å². The van der Waals surface area contributed by atoms with Gasteiger partial charge in [0.15, 0.2) is 0 Å². The lowest BCUT2D eigenvalue weighted by atomic mass is 9.83. The molecule has 2 fully saturated rings. The zero-order valence-corrected chi connectivity index (χ0v) is 13.0. The SMILES string of the molecule is NNC(Cc1ccc(Br)s1)CC1CC2CCC1C2. The predicted molar refractivity (Wildman–Crippen MR) is 80.4 cm³/mol. The summed E-state index contributed by atoms with van der Waals surface area (Å²) < 4.78 is 1.22.